The van der Waals surface area contributed by atoms with Crippen molar-refractivity contribution in [3.05, 3.63) is 35.2 Å². The first-order valence-electron chi connectivity index (χ1n) is 7.67. The highest BCUT2D eigenvalue weighted by Gasteiger charge is 2.21. The monoisotopic (exact) mass is 285 g/mol. The van der Waals surface area contributed by atoms with Gasteiger partial charge in [0.15, 0.2) is 5.82 Å². The summed E-state index contributed by atoms with van der Waals surface area (Å²) in [5.41, 5.74) is 3.45. The predicted octanol–water partition coefficient (Wildman–Crippen LogP) is 2.97. The highest BCUT2D eigenvalue weighted by atomic mass is 16.5. The third-order valence-electron chi connectivity index (χ3n) is 4.28. The molecule has 21 heavy (non-hydrogen) atoms. The van der Waals surface area contributed by atoms with Crippen LogP contribution >= 0.6 is 0 Å². The molecule has 1 aromatic carbocycles. The van der Waals surface area contributed by atoms with Crippen molar-refractivity contribution in [2.24, 2.45) is 0 Å². The van der Waals surface area contributed by atoms with Crippen LogP contribution in [0, 0.1) is 0 Å². The fraction of sp³-hybridized carbons (Fsp3) is 0.500. The first kappa shape index (κ1) is 13.0. The number of nitrogens with zero attached hydrogens (tertiary/aromatic N) is 2. The van der Waals surface area contributed by atoms with Crippen LogP contribution in [0.4, 0.5) is 0 Å². The van der Waals surface area contributed by atoms with E-state index in [1.807, 2.05) is 6.07 Å². The highest BCUT2D eigenvalue weighted by molar-refractivity contribution is 5.56. The molecule has 0 bridgehead atoms. The average molecular weight is 285 g/mol. The molecule has 1 aromatic heterocycles. The Labute approximate surface area is 123 Å². The van der Waals surface area contributed by atoms with Gasteiger partial charge in [0.2, 0.25) is 0 Å². The molecule has 0 saturated carbocycles. The van der Waals surface area contributed by atoms with E-state index in [0.717, 1.165) is 24.4 Å². The van der Waals surface area contributed by atoms with Crippen LogP contribution < -0.4 is 5.32 Å². The Morgan fingerprint density at radius 3 is 3.05 bits per heavy atom. The molecule has 0 amide bonds. The lowest BCUT2D eigenvalue weighted by Crippen LogP contribution is -2.21. The molecule has 3 heterocycles. The quantitative estimate of drug-likeness (QED) is 0.919. The van der Waals surface area contributed by atoms with Crippen molar-refractivity contribution in [3.8, 4) is 11.5 Å². The Bertz CT molecular complexity index is 630. The summed E-state index contributed by atoms with van der Waals surface area (Å²) in [5.74, 6) is 1.38. The van der Waals surface area contributed by atoms with Gasteiger partial charge in [-0.25, -0.2) is 0 Å². The van der Waals surface area contributed by atoms with E-state index in [9.17, 15) is 0 Å². The maximum Gasteiger partial charge on any atom is 0.257 e. The minimum absolute atomic E-state index is 0.225. The second kappa shape index (κ2) is 5.58. The second-order valence-electron chi connectivity index (χ2n) is 5.79. The molecular formula is C16H19N3O2. The molecule has 2 aliphatic rings. The van der Waals surface area contributed by atoms with Gasteiger partial charge in [-0.2, -0.15) is 4.98 Å². The Hall–Kier alpha value is -1.72. The van der Waals surface area contributed by atoms with E-state index in [4.69, 9.17) is 9.26 Å². The molecule has 1 N–H and O–H groups in total. The van der Waals surface area contributed by atoms with E-state index in [1.54, 1.807) is 0 Å². The molecule has 0 aliphatic carbocycles. The zero-order chi connectivity index (χ0) is 14.1. The first-order chi connectivity index (χ1) is 10.4. The maximum atomic E-state index is 5.46. The van der Waals surface area contributed by atoms with Crippen LogP contribution in [-0.4, -0.2) is 16.7 Å². The Morgan fingerprint density at radius 2 is 2.05 bits per heavy atom. The number of aromatic nitrogens is 2. The van der Waals surface area contributed by atoms with E-state index in [-0.39, 0.29) is 6.04 Å². The van der Waals surface area contributed by atoms with Gasteiger partial charge >= 0.3 is 0 Å². The van der Waals surface area contributed by atoms with E-state index in [1.165, 1.54) is 30.4 Å². The Morgan fingerprint density at radius 1 is 1.10 bits per heavy atom. The van der Waals surface area contributed by atoms with Gasteiger partial charge in [-0.3, -0.25) is 0 Å². The number of ether oxygens (including phenoxy) is 1. The summed E-state index contributed by atoms with van der Waals surface area (Å²) in [6.07, 6.45) is 4.81. The smallest absolute Gasteiger partial charge is 0.257 e. The number of hydrogen-bond acceptors (Lipinski definition) is 5. The Kier molecular flexibility index (Phi) is 3.45. The van der Waals surface area contributed by atoms with Gasteiger partial charge in [-0.15, -0.1) is 0 Å². The zero-order valence-electron chi connectivity index (χ0n) is 12.0. The minimum atomic E-state index is 0.225. The van der Waals surface area contributed by atoms with Crippen LogP contribution in [0.1, 0.15) is 48.7 Å². The largest absolute Gasteiger partial charge is 0.372 e. The zero-order valence-corrected chi connectivity index (χ0v) is 12.0. The molecule has 0 spiro atoms. The van der Waals surface area contributed by atoms with Crippen LogP contribution in [0.25, 0.3) is 11.5 Å². The van der Waals surface area contributed by atoms with E-state index in [2.05, 4.69) is 27.6 Å². The van der Waals surface area contributed by atoms with Gasteiger partial charge in [-0.1, -0.05) is 24.1 Å². The minimum Gasteiger partial charge on any atom is -0.372 e. The van der Waals surface area contributed by atoms with Crippen molar-refractivity contribution in [1.82, 2.24) is 15.5 Å². The molecule has 1 unspecified atom stereocenters. The number of benzene rings is 1. The standard InChI is InChI=1S/C16H19N3O2/c1-2-4-14(17-7-3-1)15-18-16(21-19-15)11-5-6-12-9-20-10-13(12)8-11/h5-6,8,14,17H,1-4,7,9-10H2. The number of nitrogens with one attached hydrogen (secondary N) is 1. The van der Waals surface area contributed by atoms with Crippen LogP contribution in [0.15, 0.2) is 22.7 Å². The number of hydrogen-bond donors (Lipinski definition) is 1. The molecule has 5 nitrogen and oxygen atoms in total. The summed E-state index contributed by atoms with van der Waals surface area (Å²) in [5, 5.41) is 7.67. The third kappa shape index (κ3) is 2.59. The topological polar surface area (TPSA) is 60.2 Å². The first-order valence-corrected chi connectivity index (χ1v) is 7.67. The average Bonchev–Trinajstić information content (AvgIpc) is 3.10. The fourth-order valence-corrected chi connectivity index (χ4v) is 3.05. The lowest BCUT2D eigenvalue weighted by Gasteiger charge is -2.09. The van der Waals surface area contributed by atoms with E-state index >= 15 is 0 Å². The van der Waals surface area contributed by atoms with Crippen molar-refractivity contribution in [1.29, 1.82) is 0 Å². The summed E-state index contributed by atoms with van der Waals surface area (Å²) in [4.78, 5) is 4.59. The van der Waals surface area contributed by atoms with Crippen molar-refractivity contribution in [2.45, 2.75) is 44.9 Å². The Balaban J connectivity index is 1.59. The summed E-state index contributed by atoms with van der Waals surface area (Å²) in [7, 11) is 0. The van der Waals surface area contributed by atoms with Gasteiger partial charge in [0, 0.05) is 5.56 Å². The molecule has 110 valence electrons. The van der Waals surface area contributed by atoms with Crippen molar-refractivity contribution < 1.29 is 9.26 Å². The molecular weight excluding hydrogens is 266 g/mol. The number of fused-ring (bicyclic) bond motifs is 1. The van der Waals surface area contributed by atoms with Gasteiger partial charge < -0.3 is 14.6 Å². The van der Waals surface area contributed by atoms with Crippen LogP contribution in [0.3, 0.4) is 0 Å². The normalized spacial score (nSPS) is 22.0. The van der Waals surface area contributed by atoms with Gasteiger partial charge in [0.05, 0.1) is 19.3 Å². The van der Waals surface area contributed by atoms with Crippen LogP contribution in [0.2, 0.25) is 0 Å². The summed E-state index contributed by atoms with van der Waals surface area (Å²) >= 11 is 0. The lowest BCUT2D eigenvalue weighted by molar-refractivity contribution is 0.134. The van der Waals surface area contributed by atoms with Gasteiger partial charge in [0.1, 0.15) is 0 Å². The van der Waals surface area contributed by atoms with Crippen molar-refractivity contribution >= 4 is 0 Å². The van der Waals surface area contributed by atoms with Gasteiger partial charge in [0.25, 0.3) is 5.89 Å². The molecule has 4 rings (SSSR count). The maximum absolute atomic E-state index is 5.46. The molecule has 2 aliphatic heterocycles. The SMILES string of the molecule is c1cc2c(cc1-c1nc(C3CCCCCN3)no1)COC2. The predicted molar refractivity (Wildman–Crippen MR) is 77.4 cm³/mol. The fourth-order valence-electron chi connectivity index (χ4n) is 3.05. The summed E-state index contributed by atoms with van der Waals surface area (Å²) < 4.78 is 10.9. The molecule has 1 saturated heterocycles. The van der Waals surface area contributed by atoms with Crippen molar-refractivity contribution in [2.75, 3.05) is 6.54 Å². The molecule has 2 aromatic rings. The summed E-state index contributed by atoms with van der Waals surface area (Å²) in [6.45, 7) is 2.41. The van der Waals surface area contributed by atoms with Gasteiger partial charge in [-0.05, 0) is 42.6 Å². The number of rotatable bonds is 2. The van der Waals surface area contributed by atoms with Crippen molar-refractivity contribution in [3.63, 3.8) is 0 Å². The van der Waals surface area contributed by atoms with E-state index in [0.29, 0.717) is 19.1 Å². The summed E-state index contributed by atoms with van der Waals surface area (Å²) in [6, 6.07) is 6.44. The lowest BCUT2D eigenvalue weighted by atomic mass is 10.1. The van der Waals surface area contributed by atoms with E-state index < -0.39 is 0 Å². The van der Waals surface area contributed by atoms with Crippen LogP contribution in [0.5, 0.6) is 0 Å². The molecule has 1 atom stereocenters. The highest BCUT2D eigenvalue weighted by Crippen LogP contribution is 2.27. The molecule has 0 radical (unpaired) electrons. The molecule has 1 fully saturated rings. The second-order valence-corrected chi connectivity index (χ2v) is 5.79. The third-order valence-corrected chi connectivity index (χ3v) is 4.28. The molecule has 5 heteroatoms. The van der Waals surface area contributed by atoms with Crippen LogP contribution in [-0.2, 0) is 18.0 Å².